The summed E-state index contributed by atoms with van der Waals surface area (Å²) < 4.78 is 4.53. The minimum Gasteiger partial charge on any atom is -0.465 e. The van der Waals surface area contributed by atoms with Crippen molar-refractivity contribution in [1.82, 2.24) is 9.97 Å². The summed E-state index contributed by atoms with van der Waals surface area (Å²) in [6.07, 6.45) is 3.64. The van der Waals surface area contributed by atoms with E-state index in [-0.39, 0.29) is 10.7 Å². The van der Waals surface area contributed by atoms with Crippen LogP contribution in [0.15, 0.2) is 6.20 Å². The van der Waals surface area contributed by atoms with Crippen LogP contribution in [0.1, 0.15) is 34.9 Å². The van der Waals surface area contributed by atoms with E-state index >= 15 is 0 Å². The van der Waals surface area contributed by atoms with Gasteiger partial charge in [-0.25, -0.2) is 14.8 Å². The molecule has 1 saturated carbocycles. The van der Waals surface area contributed by atoms with Crippen molar-refractivity contribution >= 4 is 17.6 Å². The first-order valence-corrected chi connectivity index (χ1v) is 4.71. The molecule has 0 unspecified atom stereocenters. The molecule has 2 rings (SSSR count). The minimum atomic E-state index is -0.502. The summed E-state index contributed by atoms with van der Waals surface area (Å²) in [4.78, 5) is 19.3. The average Bonchev–Trinajstić information content (AvgIpc) is 3.00. The maximum atomic E-state index is 11.1. The van der Waals surface area contributed by atoms with Crippen LogP contribution in [0, 0.1) is 0 Å². The molecule has 0 saturated heterocycles. The van der Waals surface area contributed by atoms with Crippen LogP contribution in [-0.4, -0.2) is 23.0 Å². The zero-order valence-corrected chi connectivity index (χ0v) is 8.41. The molecule has 0 spiro atoms. The van der Waals surface area contributed by atoms with Crippen molar-refractivity contribution in [2.75, 3.05) is 7.11 Å². The second-order valence-corrected chi connectivity index (χ2v) is 3.56. The van der Waals surface area contributed by atoms with Gasteiger partial charge in [0, 0.05) is 12.1 Å². The molecule has 0 aromatic carbocycles. The van der Waals surface area contributed by atoms with Gasteiger partial charge in [0.25, 0.3) is 0 Å². The number of carbonyl (C=O) groups is 1. The SMILES string of the molecule is COC(=O)c1cnc(C2CC2)nc1Cl. The van der Waals surface area contributed by atoms with Crippen LogP contribution in [0.2, 0.25) is 5.15 Å². The van der Waals surface area contributed by atoms with E-state index in [9.17, 15) is 4.79 Å². The first-order valence-electron chi connectivity index (χ1n) is 4.33. The fraction of sp³-hybridized carbons (Fsp3) is 0.444. The highest BCUT2D eigenvalue weighted by atomic mass is 35.5. The third kappa shape index (κ3) is 1.70. The number of ether oxygens (including phenoxy) is 1. The van der Waals surface area contributed by atoms with E-state index in [2.05, 4.69) is 14.7 Å². The third-order valence-electron chi connectivity index (χ3n) is 2.11. The highest BCUT2D eigenvalue weighted by Gasteiger charge is 2.27. The zero-order chi connectivity index (χ0) is 10.1. The highest BCUT2D eigenvalue weighted by Crippen LogP contribution is 2.38. The lowest BCUT2D eigenvalue weighted by Gasteiger charge is -2.02. The number of rotatable bonds is 2. The van der Waals surface area contributed by atoms with Crippen LogP contribution in [0.5, 0.6) is 0 Å². The fourth-order valence-corrected chi connectivity index (χ4v) is 1.37. The standard InChI is InChI=1S/C9H9ClN2O2/c1-14-9(13)6-4-11-8(5-2-3-5)12-7(6)10/h4-5H,2-3H2,1H3. The normalized spacial score (nSPS) is 15.3. The molecule has 74 valence electrons. The summed E-state index contributed by atoms with van der Waals surface area (Å²) in [5, 5.41) is 0.175. The van der Waals surface area contributed by atoms with E-state index < -0.39 is 5.97 Å². The quantitative estimate of drug-likeness (QED) is 0.554. The molecular formula is C9H9ClN2O2. The van der Waals surface area contributed by atoms with Crippen molar-refractivity contribution in [1.29, 1.82) is 0 Å². The Balaban J connectivity index is 2.30. The molecule has 1 aromatic heterocycles. The van der Waals surface area contributed by atoms with Crippen molar-refractivity contribution in [3.05, 3.63) is 22.7 Å². The van der Waals surface area contributed by atoms with Gasteiger partial charge >= 0.3 is 5.97 Å². The zero-order valence-electron chi connectivity index (χ0n) is 7.66. The second kappa shape index (κ2) is 3.53. The monoisotopic (exact) mass is 212 g/mol. The molecule has 0 atom stereocenters. The summed E-state index contributed by atoms with van der Waals surface area (Å²) >= 11 is 5.82. The van der Waals surface area contributed by atoms with Crippen LogP contribution in [0.25, 0.3) is 0 Å². The molecule has 1 aliphatic carbocycles. The van der Waals surface area contributed by atoms with Gasteiger partial charge in [0.2, 0.25) is 0 Å². The highest BCUT2D eigenvalue weighted by molar-refractivity contribution is 6.32. The van der Waals surface area contributed by atoms with Crippen LogP contribution in [-0.2, 0) is 4.74 Å². The lowest BCUT2D eigenvalue weighted by molar-refractivity contribution is 0.0600. The Labute approximate surface area is 86.3 Å². The summed E-state index contributed by atoms with van der Waals surface area (Å²) in [6.45, 7) is 0. The molecule has 1 aromatic rings. The molecule has 5 heteroatoms. The molecule has 1 aliphatic rings. The van der Waals surface area contributed by atoms with E-state index in [0.29, 0.717) is 5.92 Å². The molecule has 0 bridgehead atoms. The maximum absolute atomic E-state index is 11.1. The lowest BCUT2D eigenvalue weighted by Crippen LogP contribution is -2.06. The Morgan fingerprint density at radius 1 is 1.64 bits per heavy atom. The van der Waals surface area contributed by atoms with E-state index in [1.165, 1.54) is 13.3 Å². The lowest BCUT2D eigenvalue weighted by atomic mass is 10.3. The van der Waals surface area contributed by atoms with Crippen LogP contribution < -0.4 is 0 Å². The van der Waals surface area contributed by atoms with Crippen molar-refractivity contribution in [2.24, 2.45) is 0 Å². The molecule has 14 heavy (non-hydrogen) atoms. The minimum absolute atomic E-state index is 0.175. The number of methoxy groups -OCH3 is 1. The van der Waals surface area contributed by atoms with Gasteiger partial charge in [-0.15, -0.1) is 0 Å². The molecule has 0 N–H and O–H groups in total. The molecule has 1 heterocycles. The van der Waals surface area contributed by atoms with Crippen molar-refractivity contribution in [3.8, 4) is 0 Å². The molecular weight excluding hydrogens is 204 g/mol. The molecule has 4 nitrogen and oxygen atoms in total. The van der Waals surface area contributed by atoms with E-state index in [1.807, 2.05) is 0 Å². The predicted molar refractivity (Wildman–Crippen MR) is 50.4 cm³/mol. The third-order valence-corrected chi connectivity index (χ3v) is 2.40. The number of hydrogen-bond donors (Lipinski definition) is 0. The maximum Gasteiger partial charge on any atom is 0.342 e. The van der Waals surface area contributed by atoms with Crippen molar-refractivity contribution in [3.63, 3.8) is 0 Å². The first-order chi connectivity index (χ1) is 6.72. The van der Waals surface area contributed by atoms with E-state index in [4.69, 9.17) is 11.6 Å². The Kier molecular flexibility index (Phi) is 2.37. The van der Waals surface area contributed by atoms with Gasteiger partial charge in [-0.1, -0.05) is 11.6 Å². The molecule has 0 radical (unpaired) electrons. The van der Waals surface area contributed by atoms with Gasteiger partial charge in [-0.2, -0.15) is 0 Å². The van der Waals surface area contributed by atoms with Gasteiger partial charge in [-0.05, 0) is 12.8 Å². The summed E-state index contributed by atoms with van der Waals surface area (Å²) in [6, 6.07) is 0. The Bertz CT molecular complexity index is 377. The molecule has 1 fully saturated rings. The van der Waals surface area contributed by atoms with Crippen molar-refractivity contribution in [2.45, 2.75) is 18.8 Å². The topological polar surface area (TPSA) is 52.1 Å². The molecule has 0 aliphatic heterocycles. The largest absolute Gasteiger partial charge is 0.465 e. The van der Waals surface area contributed by atoms with Gasteiger partial charge < -0.3 is 4.74 Å². The number of halogens is 1. The Hall–Kier alpha value is -1.16. The second-order valence-electron chi connectivity index (χ2n) is 3.20. The number of nitrogens with zero attached hydrogens (tertiary/aromatic N) is 2. The smallest absolute Gasteiger partial charge is 0.342 e. The summed E-state index contributed by atoms with van der Waals surface area (Å²) in [5.74, 6) is 0.652. The van der Waals surface area contributed by atoms with Crippen molar-refractivity contribution < 1.29 is 9.53 Å². The summed E-state index contributed by atoms with van der Waals surface area (Å²) in [7, 11) is 1.30. The van der Waals surface area contributed by atoms with Gasteiger partial charge in [0.15, 0.2) is 0 Å². The number of carbonyl (C=O) groups excluding carboxylic acids is 1. The molecule has 0 amide bonds. The first kappa shape index (κ1) is 9.40. The number of hydrogen-bond acceptors (Lipinski definition) is 4. The number of esters is 1. The summed E-state index contributed by atoms with van der Waals surface area (Å²) in [5.41, 5.74) is 0.221. The van der Waals surface area contributed by atoms with Gasteiger partial charge in [0.1, 0.15) is 16.5 Å². The average molecular weight is 213 g/mol. The van der Waals surface area contributed by atoms with Crippen LogP contribution in [0.4, 0.5) is 0 Å². The fourth-order valence-electron chi connectivity index (χ4n) is 1.16. The Morgan fingerprint density at radius 2 is 2.36 bits per heavy atom. The van der Waals surface area contributed by atoms with E-state index in [1.54, 1.807) is 0 Å². The Morgan fingerprint density at radius 3 is 2.86 bits per heavy atom. The van der Waals surface area contributed by atoms with Crippen LogP contribution in [0.3, 0.4) is 0 Å². The van der Waals surface area contributed by atoms with Gasteiger partial charge in [0.05, 0.1) is 7.11 Å². The van der Waals surface area contributed by atoms with Gasteiger partial charge in [-0.3, -0.25) is 0 Å². The predicted octanol–water partition coefficient (Wildman–Crippen LogP) is 1.79. The van der Waals surface area contributed by atoms with Crippen LogP contribution >= 0.6 is 11.6 Å². The van der Waals surface area contributed by atoms with E-state index in [0.717, 1.165) is 18.7 Å². The number of aromatic nitrogens is 2.